The number of carbonyl (C=O) groups excluding carboxylic acids is 1. The Balaban J connectivity index is 1.76. The zero-order valence-electron chi connectivity index (χ0n) is 14.8. The minimum Gasteiger partial charge on any atom is -0.308 e. The molecule has 0 aromatic heterocycles. The van der Waals surface area contributed by atoms with E-state index >= 15 is 0 Å². The molecule has 0 unspecified atom stereocenters. The molecule has 0 aliphatic carbocycles. The number of carbonyl (C=O) groups is 1. The number of para-hydroxylation sites is 1. The van der Waals surface area contributed by atoms with Crippen molar-refractivity contribution in [2.75, 3.05) is 17.6 Å². The standard InChI is InChI=1S/C20H23FN2OS/c1-20(2,3)15-10-8-14(9-11-15)18-23(12-13-25-18)19(24)22-17-7-5-4-6-16(17)21/h4-11,18H,12-13H2,1-3H3,(H,22,24)/t18-/m0/s1. The van der Waals surface area contributed by atoms with Crippen molar-refractivity contribution in [3.63, 3.8) is 0 Å². The molecule has 2 aromatic carbocycles. The SMILES string of the molecule is CC(C)(C)c1ccc([C@@H]2SCCN2C(=O)Nc2ccccc2F)cc1. The number of halogens is 1. The highest BCUT2D eigenvalue weighted by molar-refractivity contribution is 7.99. The van der Waals surface area contributed by atoms with Gasteiger partial charge in [0.05, 0.1) is 5.69 Å². The molecule has 0 spiro atoms. The lowest BCUT2D eigenvalue weighted by atomic mass is 9.87. The minimum atomic E-state index is -0.422. The smallest absolute Gasteiger partial charge is 0.308 e. The summed E-state index contributed by atoms with van der Waals surface area (Å²) in [5.41, 5.74) is 2.68. The van der Waals surface area contributed by atoms with Crippen molar-refractivity contribution in [3.8, 4) is 0 Å². The zero-order valence-corrected chi connectivity index (χ0v) is 15.6. The Kier molecular flexibility index (Phi) is 5.04. The Hall–Kier alpha value is -2.01. The summed E-state index contributed by atoms with van der Waals surface area (Å²) in [5, 5.41) is 2.65. The number of nitrogens with one attached hydrogen (secondary N) is 1. The number of rotatable bonds is 2. The van der Waals surface area contributed by atoms with Crippen LogP contribution < -0.4 is 5.32 Å². The average Bonchev–Trinajstić information content (AvgIpc) is 3.06. The van der Waals surface area contributed by atoms with E-state index in [0.717, 1.165) is 11.3 Å². The fourth-order valence-electron chi connectivity index (χ4n) is 2.85. The topological polar surface area (TPSA) is 32.3 Å². The fourth-order valence-corrected chi connectivity index (χ4v) is 4.11. The molecule has 1 heterocycles. The van der Waals surface area contributed by atoms with Crippen LogP contribution in [0.5, 0.6) is 0 Å². The summed E-state index contributed by atoms with van der Waals surface area (Å²) in [7, 11) is 0. The van der Waals surface area contributed by atoms with Crippen molar-refractivity contribution < 1.29 is 9.18 Å². The molecule has 1 saturated heterocycles. The summed E-state index contributed by atoms with van der Waals surface area (Å²) in [6, 6.07) is 14.4. The van der Waals surface area contributed by atoms with Gasteiger partial charge in [-0.05, 0) is 28.7 Å². The molecule has 25 heavy (non-hydrogen) atoms. The maximum Gasteiger partial charge on any atom is 0.323 e. The molecule has 1 fully saturated rings. The largest absolute Gasteiger partial charge is 0.323 e. The third kappa shape index (κ3) is 3.98. The van der Waals surface area contributed by atoms with E-state index in [2.05, 4.69) is 50.4 Å². The summed E-state index contributed by atoms with van der Waals surface area (Å²) < 4.78 is 13.8. The number of hydrogen-bond donors (Lipinski definition) is 1. The van der Waals surface area contributed by atoms with Gasteiger partial charge < -0.3 is 10.2 Å². The predicted octanol–water partition coefficient (Wildman–Crippen LogP) is 5.40. The minimum absolute atomic E-state index is 0.0409. The highest BCUT2D eigenvalue weighted by atomic mass is 32.2. The van der Waals surface area contributed by atoms with Gasteiger partial charge in [-0.3, -0.25) is 0 Å². The van der Waals surface area contributed by atoms with Crippen molar-refractivity contribution in [2.45, 2.75) is 31.6 Å². The summed E-state index contributed by atoms with van der Waals surface area (Å²) in [4.78, 5) is 14.4. The number of urea groups is 1. The Morgan fingerprint density at radius 3 is 2.48 bits per heavy atom. The van der Waals surface area contributed by atoms with Gasteiger partial charge in [-0.1, -0.05) is 57.2 Å². The number of anilines is 1. The number of nitrogens with zero attached hydrogens (tertiary/aromatic N) is 1. The monoisotopic (exact) mass is 358 g/mol. The fraction of sp³-hybridized carbons (Fsp3) is 0.350. The third-order valence-electron chi connectivity index (χ3n) is 4.33. The number of amides is 2. The zero-order chi connectivity index (χ0) is 18.0. The molecule has 0 radical (unpaired) electrons. The first-order chi connectivity index (χ1) is 11.9. The Labute approximate surface area is 152 Å². The molecule has 132 valence electrons. The Bertz CT molecular complexity index is 755. The van der Waals surface area contributed by atoms with Crippen LogP contribution in [-0.4, -0.2) is 23.2 Å². The van der Waals surface area contributed by atoms with Gasteiger partial charge in [0.25, 0.3) is 0 Å². The summed E-state index contributed by atoms with van der Waals surface area (Å²) in [6.45, 7) is 7.19. The highest BCUT2D eigenvalue weighted by Crippen LogP contribution is 2.39. The van der Waals surface area contributed by atoms with Crippen molar-refractivity contribution >= 4 is 23.5 Å². The number of hydrogen-bond acceptors (Lipinski definition) is 2. The van der Waals surface area contributed by atoms with Crippen LogP contribution in [0.1, 0.15) is 37.3 Å². The van der Waals surface area contributed by atoms with E-state index in [0.29, 0.717) is 6.54 Å². The maximum absolute atomic E-state index is 13.8. The van der Waals surface area contributed by atoms with E-state index in [9.17, 15) is 9.18 Å². The second-order valence-corrected chi connectivity index (χ2v) is 8.39. The van der Waals surface area contributed by atoms with Crippen LogP contribution in [-0.2, 0) is 5.41 Å². The van der Waals surface area contributed by atoms with Crippen LogP contribution in [0.25, 0.3) is 0 Å². The molecule has 3 rings (SSSR count). The van der Waals surface area contributed by atoms with Gasteiger partial charge in [-0.15, -0.1) is 11.8 Å². The first-order valence-electron chi connectivity index (χ1n) is 8.40. The van der Waals surface area contributed by atoms with Crippen LogP contribution >= 0.6 is 11.8 Å². The van der Waals surface area contributed by atoms with Crippen molar-refractivity contribution in [1.29, 1.82) is 0 Å². The first-order valence-corrected chi connectivity index (χ1v) is 9.45. The molecule has 0 saturated carbocycles. The van der Waals surface area contributed by atoms with Crippen molar-refractivity contribution in [1.82, 2.24) is 4.90 Å². The van der Waals surface area contributed by atoms with Gasteiger partial charge in [0.1, 0.15) is 11.2 Å². The van der Waals surface area contributed by atoms with Crippen LogP contribution in [0.15, 0.2) is 48.5 Å². The average molecular weight is 358 g/mol. The molecule has 5 heteroatoms. The van der Waals surface area contributed by atoms with Crippen LogP contribution in [0.3, 0.4) is 0 Å². The lowest BCUT2D eigenvalue weighted by molar-refractivity contribution is 0.214. The van der Waals surface area contributed by atoms with Gasteiger partial charge in [0, 0.05) is 12.3 Å². The molecular weight excluding hydrogens is 335 g/mol. The second kappa shape index (κ2) is 7.08. The summed E-state index contributed by atoms with van der Waals surface area (Å²) >= 11 is 1.73. The molecule has 2 amide bonds. The predicted molar refractivity (Wildman–Crippen MR) is 102 cm³/mol. The van der Waals surface area contributed by atoms with Crippen LogP contribution in [0, 0.1) is 5.82 Å². The molecule has 2 aromatic rings. The molecular formula is C20H23FN2OS. The molecule has 1 N–H and O–H groups in total. The Morgan fingerprint density at radius 1 is 1.16 bits per heavy atom. The maximum atomic E-state index is 13.8. The summed E-state index contributed by atoms with van der Waals surface area (Å²) in [6.07, 6.45) is 0. The first kappa shape index (κ1) is 17.8. The molecule has 1 atom stereocenters. The highest BCUT2D eigenvalue weighted by Gasteiger charge is 2.31. The molecule has 3 nitrogen and oxygen atoms in total. The van der Waals surface area contributed by atoms with Gasteiger partial charge in [0.15, 0.2) is 0 Å². The second-order valence-electron chi connectivity index (χ2n) is 7.20. The number of thioether (sulfide) groups is 1. The number of benzene rings is 2. The van der Waals surface area contributed by atoms with Gasteiger partial charge in [-0.2, -0.15) is 0 Å². The third-order valence-corrected chi connectivity index (χ3v) is 5.59. The Morgan fingerprint density at radius 2 is 1.84 bits per heavy atom. The van der Waals surface area contributed by atoms with E-state index < -0.39 is 5.82 Å². The van der Waals surface area contributed by atoms with Crippen molar-refractivity contribution in [3.05, 3.63) is 65.5 Å². The van der Waals surface area contributed by atoms with Crippen LogP contribution in [0.2, 0.25) is 0 Å². The van der Waals surface area contributed by atoms with Crippen molar-refractivity contribution in [2.24, 2.45) is 0 Å². The van der Waals surface area contributed by atoms with E-state index in [1.54, 1.807) is 34.9 Å². The van der Waals surface area contributed by atoms with Gasteiger partial charge in [-0.25, -0.2) is 9.18 Å². The van der Waals surface area contributed by atoms with E-state index in [1.165, 1.54) is 11.6 Å². The van der Waals surface area contributed by atoms with Gasteiger partial charge in [0.2, 0.25) is 0 Å². The van der Waals surface area contributed by atoms with Gasteiger partial charge >= 0.3 is 6.03 Å². The molecule has 0 bridgehead atoms. The normalized spacial score (nSPS) is 17.6. The lowest BCUT2D eigenvalue weighted by Crippen LogP contribution is -2.34. The quantitative estimate of drug-likeness (QED) is 0.779. The van der Waals surface area contributed by atoms with E-state index in [4.69, 9.17) is 0 Å². The summed E-state index contributed by atoms with van der Waals surface area (Å²) in [5.74, 6) is 0.449. The van der Waals surface area contributed by atoms with Crippen LogP contribution in [0.4, 0.5) is 14.9 Å². The molecule has 1 aliphatic rings. The molecule has 1 aliphatic heterocycles. The van der Waals surface area contributed by atoms with E-state index in [1.807, 2.05) is 0 Å². The van der Waals surface area contributed by atoms with E-state index in [-0.39, 0.29) is 22.5 Å². The lowest BCUT2D eigenvalue weighted by Gasteiger charge is -2.25.